The van der Waals surface area contributed by atoms with Crippen molar-refractivity contribution >= 4 is 11.7 Å². The van der Waals surface area contributed by atoms with Crippen molar-refractivity contribution in [3.8, 4) is 0 Å². The van der Waals surface area contributed by atoms with E-state index in [0.29, 0.717) is 6.54 Å². The van der Waals surface area contributed by atoms with Gasteiger partial charge < -0.3 is 14.8 Å². The zero-order valence-corrected chi connectivity index (χ0v) is 15.2. The van der Waals surface area contributed by atoms with Crippen LogP contribution in [0.4, 0.5) is 10.5 Å². The number of imidazole rings is 1. The lowest BCUT2D eigenvalue weighted by Crippen LogP contribution is -2.42. The lowest BCUT2D eigenvalue weighted by molar-refractivity contribution is 0.190. The first kappa shape index (κ1) is 17.3. The lowest BCUT2D eigenvalue weighted by Gasteiger charge is -2.32. The highest BCUT2D eigenvalue weighted by atomic mass is 16.2. The second kappa shape index (κ2) is 8.03. The molecule has 3 heterocycles. The summed E-state index contributed by atoms with van der Waals surface area (Å²) in [6.45, 7) is 2.23. The Morgan fingerprint density at radius 1 is 1.11 bits per heavy atom. The number of carbonyl (C=O) groups is 1. The van der Waals surface area contributed by atoms with E-state index in [-0.39, 0.29) is 11.9 Å². The van der Waals surface area contributed by atoms with E-state index < -0.39 is 0 Å². The number of hydrogen-bond donors (Lipinski definition) is 1. The maximum atomic E-state index is 12.6. The van der Waals surface area contributed by atoms with Crippen LogP contribution < -0.4 is 5.32 Å². The van der Waals surface area contributed by atoms with E-state index in [0.717, 1.165) is 37.4 Å². The summed E-state index contributed by atoms with van der Waals surface area (Å²) in [5.74, 6) is 1.29. The molecule has 6 nitrogen and oxygen atoms in total. The van der Waals surface area contributed by atoms with Crippen molar-refractivity contribution in [3.05, 3.63) is 78.6 Å². The van der Waals surface area contributed by atoms with Gasteiger partial charge in [0.1, 0.15) is 5.82 Å². The third-order valence-corrected chi connectivity index (χ3v) is 4.95. The number of aromatic nitrogens is 3. The molecule has 4 rings (SSSR count). The predicted octanol–water partition coefficient (Wildman–Crippen LogP) is 3.74. The summed E-state index contributed by atoms with van der Waals surface area (Å²) in [5.41, 5.74) is 2.02. The molecule has 1 N–H and O–H groups in total. The first-order chi connectivity index (χ1) is 13.3. The maximum absolute atomic E-state index is 12.6. The van der Waals surface area contributed by atoms with Crippen LogP contribution >= 0.6 is 0 Å². The number of piperidine rings is 1. The fraction of sp³-hybridized carbons (Fsp3) is 0.286. The Kier molecular flexibility index (Phi) is 5.14. The van der Waals surface area contributed by atoms with Crippen molar-refractivity contribution in [3.63, 3.8) is 0 Å². The van der Waals surface area contributed by atoms with Gasteiger partial charge in [-0.05, 0) is 42.7 Å². The molecule has 0 unspecified atom stereocenters. The molecule has 1 atom stereocenters. The zero-order chi connectivity index (χ0) is 18.5. The smallest absolute Gasteiger partial charge is 0.321 e. The summed E-state index contributed by atoms with van der Waals surface area (Å²) in [5, 5.41) is 2.98. The molecular weight excluding hydrogens is 338 g/mol. The topological polar surface area (TPSA) is 63.1 Å². The molecule has 0 aliphatic carbocycles. The Balaban J connectivity index is 1.44. The molecule has 0 bridgehead atoms. The largest absolute Gasteiger partial charge is 0.330 e. The van der Waals surface area contributed by atoms with Crippen LogP contribution in [0.1, 0.15) is 30.1 Å². The van der Waals surface area contributed by atoms with E-state index in [1.165, 1.54) is 5.56 Å². The summed E-state index contributed by atoms with van der Waals surface area (Å²) in [4.78, 5) is 23.2. The number of nitrogens with one attached hydrogen (secondary N) is 1. The third kappa shape index (κ3) is 4.16. The number of nitrogens with zero attached hydrogens (tertiary/aromatic N) is 4. The number of amides is 2. The van der Waals surface area contributed by atoms with E-state index >= 15 is 0 Å². The Bertz CT molecular complexity index is 878. The van der Waals surface area contributed by atoms with Gasteiger partial charge >= 0.3 is 6.03 Å². The van der Waals surface area contributed by atoms with E-state index in [9.17, 15) is 4.79 Å². The standard InChI is InChI=1S/C21H23N5O/c27-21(24-19-6-2-1-3-7-19)26-13-4-5-18(16-26)20-23-12-14-25(20)15-17-8-10-22-11-9-17/h1-3,6-12,14,18H,4-5,13,15-16H2,(H,24,27)/t18-/m1/s1. The minimum absolute atomic E-state index is 0.0434. The van der Waals surface area contributed by atoms with E-state index in [1.54, 1.807) is 0 Å². The second-order valence-corrected chi connectivity index (χ2v) is 6.85. The van der Waals surface area contributed by atoms with Gasteiger partial charge in [-0.25, -0.2) is 9.78 Å². The van der Waals surface area contributed by atoms with E-state index in [2.05, 4.69) is 19.9 Å². The number of rotatable bonds is 4. The van der Waals surface area contributed by atoms with Gasteiger partial charge in [-0.3, -0.25) is 4.98 Å². The van der Waals surface area contributed by atoms with E-state index in [1.807, 2.05) is 72.2 Å². The number of likely N-dealkylation sites (tertiary alicyclic amines) is 1. The Hall–Kier alpha value is -3.15. The third-order valence-electron chi connectivity index (χ3n) is 4.95. The van der Waals surface area contributed by atoms with Crippen molar-refractivity contribution in [2.24, 2.45) is 0 Å². The molecule has 1 aromatic carbocycles. The van der Waals surface area contributed by atoms with Gasteiger partial charge in [-0.15, -0.1) is 0 Å². The first-order valence-corrected chi connectivity index (χ1v) is 9.30. The van der Waals surface area contributed by atoms with Crippen LogP contribution in [0.2, 0.25) is 0 Å². The van der Waals surface area contributed by atoms with Crippen LogP contribution in [-0.4, -0.2) is 38.6 Å². The SMILES string of the molecule is O=C(Nc1ccccc1)N1CCC[C@@H](c2nccn2Cc2ccncc2)C1. The van der Waals surface area contributed by atoms with Crippen molar-refractivity contribution in [2.45, 2.75) is 25.3 Å². The van der Waals surface area contributed by atoms with Gasteiger partial charge in [-0.2, -0.15) is 0 Å². The van der Waals surface area contributed by atoms with Crippen LogP contribution in [0.25, 0.3) is 0 Å². The summed E-state index contributed by atoms with van der Waals surface area (Å²) >= 11 is 0. The fourth-order valence-electron chi connectivity index (χ4n) is 3.60. The minimum Gasteiger partial charge on any atom is -0.330 e. The van der Waals surface area contributed by atoms with Crippen molar-refractivity contribution in [1.29, 1.82) is 0 Å². The van der Waals surface area contributed by atoms with Gasteiger partial charge in [0, 0.05) is 56.0 Å². The Morgan fingerprint density at radius 3 is 2.74 bits per heavy atom. The van der Waals surface area contributed by atoms with Gasteiger partial charge in [0.2, 0.25) is 0 Å². The molecule has 0 spiro atoms. The number of urea groups is 1. The van der Waals surface area contributed by atoms with Crippen LogP contribution in [0.15, 0.2) is 67.3 Å². The highest BCUT2D eigenvalue weighted by Crippen LogP contribution is 2.26. The maximum Gasteiger partial charge on any atom is 0.321 e. The summed E-state index contributed by atoms with van der Waals surface area (Å²) < 4.78 is 2.18. The number of benzene rings is 1. The van der Waals surface area contributed by atoms with Gasteiger partial charge in [-0.1, -0.05) is 18.2 Å². The molecule has 27 heavy (non-hydrogen) atoms. The average Bonchev–Trinajstić information content (AvgIpc) is 3.18. The van der Waals surface area contributed by atoms with Crippen LogP contribution in [-0.2, 0) is 6.54 Å². The number of carbonyl (C=O) groups excluding carboxylic acids is 1. The normalized spacial score (nSPS) is 16.9. The Morgan fingerprint density at radius 2 is 1.93 bits per heavy atom. The van der Waals surface area contributed by atoms with Crippen molar-refractivity contribution in [2.75, 3.05) is 18.4 Å². The molecule has 0 radical (unpaired) electrons. The molecule has 6 heteroatoms. The highest BCUT2D eigenvalue weighted by molar-refractivity contribution is 5.89. The second-order valence-electron chi connectivity index (χ2n) is 6.85. The number of hydrogen-bond acceptors (Lipinski definition) is 3. The molecule has 138 valence electrons. The van der Waals surface area contributed by atoms with Crippen LogP contribution in [0, 0.1) is 0 Å². The monoisotopic (exact) mass is 361 g/mol. The molecule has 3 aromatic rings. The predicted molar refractivity (Wildman–Crippen MR) is 105 cm³/mol. The van der Waals surface area contributed by atoms with Gasteiger partial charge in [0.05, 0.1) is 0 Å². The summed E-state index contributed by atoms with van der Waals surface area (Å²) in [7, 11) is 0. The fourth-order valence-corrected chi connectivity index (χ4v) is 3.60. The minimum atomic E-state index is -0.0434. The molecule has 2 amide bonds. The first-order valence-electron chi connectivity index (χ1n) is 9.30. The van der Waals surface area contributed by atoms with Crippen LogP contribution in [0.3, 0.4) is 0 Å². The van der Waals surface area contributed by atoms with Crippen molar-refractivity contribution < 1.29 is 4.79 Å². The lowest BCUT2D eigenvalue weighted by atomic mass is 9.97. The molecule has 1 saturated heterocycles. The summed E-state index contributed by atoms with van der Waals surface area (Å²) in [6, 6.07) is 13.6. The molecular formula is C21H23N5O. The number of para-hydroxylation sites is 1. The molecule has 0 saturated carbocycles. The molecule has 2 aromatic heterocycles. The number of pyridine rings is 1. The molecule has 1 aliphatic heterocycles. The number of anilines is 1. The van der Waals surface area contributed by atoms with Crippen LogP contribution in [0.5, 0.6) is 0 Å². The van der Waals surface area contributed by atoms with E-state index in [4.69, 9.17) is 0 Å². The quantitative estimate of drug-likeness (QED) is 0.770. The highest BCUT2D eigenvalue weighted by Gasteiger charge is 2.27. The average molecular weight is 361 g/mol. The Labute approximate surface area is 158 Å². The summed E-state index contributed by atoms with van der Waals surface area (Å²) in [6.07, 6.45) is 9.50. The molecule has 1 fully saturated rings. The zero-order valence-electron chi connectivity index (χ0n) is 15.2. The van der Waals surface area contributed by atoms with Crippen molar-refractivity contribution in [1.82, 2.24) is 19.4 Å². The van der Waals surface area contributed by atoms with Gasteiger partial charge in [0.15, 0.2) is 0 Å². The van der Waals surface area contributed by atoms with Gasteiger partial charge in [0.25, 0.3) is 0 Å². The molecule has 1 aliphatic rings.